The minimum Gasteiger partial charge on any atom is -0.480 e. The topological polar surface area (TPSA) is 214 Å². The monoisotopic (exact) mass is 403 g/mol. The van der Waals surface area contributed by atoms with E-state index < -0.39 is 66.3 Å². The molecule has 160 valence electrons. The molecule has 9 N–H and O–H groups in total. The second-order valence-corrected chi connectivity index (χ2v) is 6.80. The van der Waals surface area contributed by atoms with Crippen LogP contribution in [0.1, 0.15) is 34.1 Å². The van der Waals surface area contributed by atoms with Crippen molar-refractivity contribution in [2.45, 2.75) is 64.4 Å². The zero-order chi connectivity index (χ0) is 22.2. The quantitative estimate of drug-likeness (QED) is 0.186. The molecular weight excluding hydrogens is 374 g/mol. The van der Waals surface area contributed by atoms with E-state index in [0.717, 1.165) is 0 Å². The average molecular weight is 403 g/mol. The molecule has 5 unspecified atom stereocenters. The van der Waals surface area contributed by atoms with Gasteiger partial charge in [0.2, 0.25) is 23.6 Å². The van der Waals surface area contributed by atoms with Crippen molar-refractivity contribution < 1.29 is 34.2 Å². The number of nitrogens with two attached hydrogens (primary N) is 2. The first-order valence-electron chi connectivity index (χ1n) is 8.63. The van der Waals surface area contributed by atoms with Gasteiger partial charge >= 0.3 is 5.97 Å². The van der Waals surface area contributed by atoms with Gasteiger partial charge in [0.25, 0.3) is 0 Å². The van der Waals surface area contributed by atoms with E-state index in [1.807, 2.05) is 5.32 Å². The van der Waals surface area contributed by atoms with Gasteiger partial charge in [-0.1, -0.05) is 13.8 Å². The van der Waals surface area contributed by atoms with Crippen molar-refractivity contribution in [3.05, 3.63) is 0 Å². The van der Waals surface area contributed by atoms with Crippen LogP contribution < -0.4 is 27.4 Å². The Morgan fingerprint density at radius 1 is 0.893 bits per heavy atom. The van der Waals surface area contributed by atoms with E-state index in [0.29, 0.717) is 0 Å². The Morgan fingerprint density at radius 3 is 1.82 bits per heavy atom. The number of hydrogen-bond donors (Lipinski definition) is 7. The van der Waals surface area contributed by atoms with E-state index in [9.17, 15) is 29.1 Å². The highest BCUT2D eigenvalue weighted by molar-refractivity contribution is 5.95. The van der Waals surface area contributed by atoms with Crippen LogP contribution in [0.3, 0.4) is 0 Å². The predicted octanol–water partition coefficient (Wildman–Crippen LogP) is -3.22. The van der Waals surface area contributed by atoms with Crippen LogP contribution in [0.2, 0.25) is 0 Å². The summed E-state index contributed by atoms with van der Waals surface area (Å²) in [6.45, 7) is 6.01. The van der Waals surface area contributed by atoms with Crippen LogP contribution in [-0.2, 0) is 24.0 Å². The number of hydrogen-bond acceptors (Lipinski definition) is 7. The normalized spacial score (nSPS) is 16.2. The molecule has 4 amide bonds. The van der Waals surface area contributed by atoms with E-state index in [1.54, 1.807) is 13.8 Å². The fourth-order valence-corrected chi connectivity index (χ4v) is 2.02. The summed E-state index contributed by atoms with van der Waals surface area (Å²) in [7, 11) is 0. The van der Waals surface area contributed by atoms with Crippen molar-refractivity contribution in [1.29, 1.82) is 0 Å². The van der Waals surface area contributed by atoms with Crippen LogP contribution in [0.15, 0.2) is 0 Å². The van der Waals surface area contributed by atoms with Crippen LogP contribution in [0, 0.1) is 5.92 Å². The van der Waals surface area contributed by atoms with Crippen molar-refractivity contribution in [1.82, 2.24) is 16.0 Å². The molecule has 12 nitrogen and oxygen atoms in total. The maximum Gasteiger partial charge on any atom is 0.326 e. The zero-order valence-electron chi connectivity index (χ0n) is 16.3. The molecule has 0 aromatic carbocycles. The molecule has 0 saturated heterocycles. The Hall–Kier alpha value is -2.73. The lowest BCUT2D eigenvalue weighted by Crippen LogP contribution is -2.59. The number of carbonyl (C=O) groups is 5. The Kier molecular flexibility index (Phi) is 10.1. The fourth-order valence-electron chi connectivity index (χ4n) is 2.02. The summed E-state index contributed by atoms with van der Waals surface area (Å²) in [5, 5.41) is 25.4. The van der Waals surface area contributed by atoms with Crippen molar-refractivity contribution >= 4 is 29.6 Å². The molecule has 0 bridgehead atoms. The fraction of sp³-hybridized carbons (Fsp3) is 0.688. The van der Waals surface area contributed by atoms with Crippen LogP contribution in [0.5, 0.6) is 0 Å². The van der Waals surface area contributed by atoms with Gasteiger partial charge in [-0.25, -0.2) is 4.79 Å². The van der Waals surface area contributed by atoms with Gasteiger partial charge in [0.15, 0.2) is 0 Å². The first-order chi connectivity index (χ1) is 12.8. The summed E-state index contributed by atoms with van der Waals surface area (Å²) in [6.07, 6.45) is -2.06. The Morgan fingerprint density at radius 2 is 1.43 bits per heavy atom. The molecule has 0 fully saturated rings. The maximum absolute atomic E-state index is 12.3. The molecule has 0 aliphatic rings. The molecule has 28 heavy (non-hydrogen) atoms. The minimum atomic E-state index is -1.62. The summed E-state index contributed by atoms with van der Waals surface area (Å²) < 4.78 is 0. The van der Waals surface area contributed by atoms with Gasteiger partial charge in [-0.2, -0.15) is 0 Å². The third-order valence-electron chi connectivity index (χ3n) is 3.86. The van der Waals surface area contributed by atoms with Crippen molar-refractivity contribution in [3.63, 3.8) is 0 Å². The van der Waals surface area contributed by atoms with Gasteiger partial charge in [-0.05, 0) is 19.8 Å². The Labute approximate surface area is 162 Å². The second kappa shape index (κ2) is 11.2. The highest BCUT2D eigenvalue weighted by atomic mass is 16.4. The molecule has 5 atom stereocenters. The van der Waals surface area contributed by atoms with E-state index in [-0.39, 0.29) is 5.92 Å². The SMILES string of the molecule is CC(NC(=O)C(N)C(C)C)C(=O)NC(C(=O)NC(CC(N)=O)C(=O)O)C(C)O. The van der Waals surface area contributed by atoms with Crippen LogP contribution in [0.25, 0.3) is 0 Å². The molecule has 0 radical (unpaired) electrons. The summed E-state index contributed by atoms with van der Waals surface area (Å²) in [6, 6.07) is -5.06. The number of aliphatic carboxylic acids is 1. The highest BCUT2D eigenvalue weighted by Crippen LogP contribution is 2.01. The van der Waals surface area contributed by atoms with E-state index in [2.05, 4.69) is 10.6 Å². The van der Waals surface area contributed by atoms with E-state index in [4.69, 9.17) is 16.6 Å². The highest BCUT2D eigenvalue weighted by Gasteiger charge is 2.32. The number of primary amides is 1. The van der Waals surface area contributed by atoms with Crippen molar-refractivity contribution in [2.75, 3.05) is 0 Å². The van der Waals surface area contributed by atoms with E-state index >= 15 is 0 Å². The van der Waals surface area contributed by atoms with Crippen LogP contribution >= 0.6 is 0 Å². The number of nitrogens with one attached hydrogen (secondary N) is 3. The van der Waals surface area contributed by atoms with Crippen LogP contribution in [0.4, 0.5) is 0 Å². The lowest BCUT2D eigenvalue weighted by atomic mass is 10.0. The Balaban J connectivity index is 5.06. The summed E-state index contributed by atoms with van der Waals surface area (Å²) in [4.78, 5) is 58.4. The largest absolute Gasteiger partial charge is 0.480 e. The smallest absolute Gasteiger partial charge is 0.326 e. The van der Waals surface area contributed by atoms with Gasteiger partial charge < -0.3 is 37.6 Å². The van der Waals surface area contributed by atoms with Gasteiger partial charge in [0.1, 0.15) is 18.1 Å². The standard InChI is InChI=1S/C16H29N5O7/c1-6(2)11(18)14(25)19-7(3)13(24)21-12(8(4)22)15(26)20-9(16(27)28)5-10(17)23/h6-9,11-12,22H,5,18H2,1-4H3,(H2,17,23)(H,19,25)(H,20,26)(H,21,24)(H,27,28). The molecule has 0 aromatic rings. The second-order valence-electron chi connectivity index (χ2n) is 6.80. The molecule has 0 aromatic heterocycles. The number of aliphatic hydroxyl groups is 1. The van der Waals surface area contributed by atoms with Gasteiger partial charge in [0.05, 0.1) is 18.6 Å². The third-order valence-corrected chi connectivity index (χ3v) is 3.86. The average Bonchev–Trinajstić information content (AvgIpc) is 2.56. The maximum atomic E-state index is 12.3. The summed E-state index contributed by atoms with van der Waals surface area (Å²) >= 11 is 0. The van der Waals surface area contributed by atoms with Crippen molar-refractivity contribution in [2.24, 2.45) is 17.4 Å². The first kappa shape index (κ1) is 25.3. The zero-order valence-corrected chi connectivity index (χ0v) is 16.3. The number of carboxylic acid groups (broad SMARTS) is 1. The first-order valence-corrected chi connectivity index (χ1v) is 8.63. The number of carboxylic acids is 1. The number of rotatable bonds is 11. The number of amides is 4. The van der Waals surface area contributed by atoms with Crippen LogP contribution in [-0.4, -0.2) is 70.1 Å². The van der Waals surface area contributed by atoms with Gasteiger partial charge in [-0.3, -0.25) is 19.2 Å². The molecule has 0 aliphatic carbocycles. The van der Waals surface area contributed by atoms with Crippen molar-refractivity contribution in [3.8, 4) is 0 Å². The summed E-state index contributed by atoms with van der Waals surface area (Å²) in [5.41, 5.74) is 10.6. The number of carbonyl (C=O) groups excluding carboxylic acids is 4. The Bertz CT molecular complexity index is 608. The molecular formula is C16H29N5O7. The molecule has 0 saturated carbocycles. The number of aliphatic hydroxyl groups excluding tert-OH is 1. The predicted molar refractivity (Wildman–Crippen MR) is 97.4 cm³/mol. The van der Waals surface area contributed by atoms with Gasteiger partial charge in [-0.15, -0.1) is 0 Å². The van der Waals surface area contributed by atoms with E-state index in [1.165, 1.54) is 13.8 Å². The molecule has 0 aliphatic heterocycles. The summed E-state index contributed by atoms with van der Waals surface area (Å²) in [5.74, 6) is -5.02. The lowest BCUT2D eigenvalue weighted by Gasteiger charge is -2.25. The lowest BCUT2D eigenvalue weighted by molar-refractivity contribution is -0.144. The third kappa shape index (κ3) is 8.31. The molecule has 0 rings (SSSR count). The molecule has 0 spiro atoms. The molecule has 12 heteroatoms. The minimum absolute atomic E-state index is 0.163. The van der Waals surface area contributed by atoms with Gasteiger partial charge in [0, 0.05) is 0 Å². The molecule has 0 heterocycles.